The molecule has 0 radical (unpaired) electrons. The van der Waals surface area contributed by atoms with Crippen molar-refractivity contribution in [1.29, 1.82) is 0 Å². The molecule has 0 saturated carbocycles. The molecule has 1 aliphatic carbocycles. The van der Waals surface area contributed by atoms with E-state index in [0.29, 0.717) is 34.2 Å². The highest BCUT2D eigenvalue weighted by Gasteiger charge is 2.20. The van der Waals surface area contributed by atoms with Crippen molar-refractivity contribution < 1.29 is 23.7 Å². The Hall–Kier alpha value is -4.46. The molecular formula is C29H27N3O5. The van der Waals surface area contributed by atoms with E-state index >= 15 is 0 Å². The lowest BCUT2D eigenvalue weighted by atomic mass is 9.92. The fourth-order valence-electron chi connectivity index (χ4n) is 4.94. The maximum absolute atomic E-state index is 13.0. The largest absolute Gasteiger partial charge is 0.493 e. The Bertz CT molecular complexity index is 1520. The lowest BCUT2D eigenvalue weighted by Gasteiger charge is -2.22. The van der Waals surface area contributed by atoms with Crippen LogP contribution in [0.1, 0.15) is 34.5 Å². The third-order valence-corrected chi connectivity index (χ3v) is 6.81. The first-order chi connectivity index (χ1) is 18.1. The number of nitrogens with one attached hydrogen (secondary N) is 2. The van der Waals surface area contributed by atoms with E-state index in [-0.39, 0.29) is 12.7 Å². The smallest absolute Gasteiger partial charge is 0.255 e. The van der Waals surface area contributed by atoms with E-state index in [0.717, 1.165) is 53.7 Å². The molecule has 3 aromatic carbocycles. The first-order valence-corrected chi connectivity index (χ1v) is 12.3. The SMILES string of the molecule is COc1ccc(Nc2c3c(nc4ccc(NC(=O)c5ccc6c(c5)OCO6)cc24)CCCC3)cc1OC. The van der Waals surface area contributed by atoms with Crippen LogP contribution in [0.5, 0.6) is 23.0 Å². The quantitative estimate of drug-likeness (QED) is 0.345. The van der Waals surface area contributed by atoms with E-state index in [4.69, 9.17) is 23.9 Å². The van der Waals surface area contributed by atoms with E-state index in [1.165, 1.54) is 5.56 Å². The number of nitrogens with zero attached hydrogens (tertiary/aromatic N) is 1. The molecule has 0 atom stereocenters. The van der Waals surface area contributed by atoms with Gasteiger partial charge in [-0.2, -0.15) is 0 Å². The lowest BCUT2D eigenvalue weighted by Crippen LogP contribution is -2.12. The zero-order valence-electron chi connectivity index (χ0n) is 20.7. The Labute approximate surface area is 214 Å². The summed E-state index contributed by atoms with van der Waals surface area (Å²) in [4.78, 5) is 18.0. The molecule has 0 fully saturated rings. The molecule has 1 aliphatic heterocycles. The second-order valence-corrected chi connectivity index (χ2v) is 9.07. The van der Waals surface area contributed by atoms with Crippen molar-refractivity contribution >= 4 is 33.9 Å². The Kier molecular flexibility index (Phi) is 5.92. The van der Waals surface area contributed by atoms with Gasteiger partial charge < -0.3 is 29.6 Å². The number of fused-ring (bicyclic) bond motifs is 3. The van der Waals surface area contributed by atoms with Crippen LogP contribution in [0.15, 0.2) is 54.6 Å². The van der Waals surface area contributed by atoms with Crippen LogP contribution in [0, 0.1) is 0 Å². The molecule has 8 nitrogen and oxygen atoms in total. The van der Waals surface area contributed by atoms with E-state index in [1.807, 2.05) is 36.4 Å². The zero-order chi connectivity index (χ0) is 25.4. The Morgan fingerprint density at radius 1 is 0.865 bits per heavy atom. The Balaban J connectivity index is 1.37. The lowest BCUT2D eigenvalue weighted by molar-refractivity contribution is 0.102. The molecule has 0 spiro atoms. The average Bonchev–Trinajstić information content (AvgIpc) is 3.41. The molecule has 8 heteroatoms. The summed E-state index contributed by atoms with van der Waals surface area (Å²) in [6, 6.07) is 16.8. The molecule has 0 saturated heterocycles. The number of hydrogen-bond acceptors (Lipinski definition) is 7. The topological polar surface area (TPSA) is 90.9 Å². The van der Waals surface area contributed by atoms with Crippen LogP contribution in [0.4, 0.5) is 17.1 Å². The predicted octanol–water partition coefficient (Wildman–Crippen LogP) is 5.86. The molecule has 1 aromatic heterocycles. The van der Waals surface area contributed by atoms with Gasteiger partial charge in [-0.05, 0) is 79.8 Å². The molecule has 2 heterocycles. The Morgan fingerprint density at radius 3 is 2.54 bits per heavy atom. The molecule has 0 bridgehead atoms. The molecule has 37 heavy (non-hydrogen) atoms. The first kappa shape index (κ1) is 23.0. The number of aromatic nitrogens is 1. The normalized spacial score (nSPS) is 13.7. The van der Waals surface area contributed by atoms with Gasteiger partial charge in [0.2, 0.25) is 6.79 Å². The number of carbonyl (C=O) groups excluding carboxylic acids is 1. The number of anilines is 3. The summed E-state index contributed by atoms with van der Waals surface area (Å²) in [5, 5.41) is 7.58. The molecule has 1 amide bonds. The summed E-state index contributed by atoms with van der Waals surface area (Å²) >= 11 is 0. The number of rotatable bonds is 6. The third-order valence-electron chi connectivity index (χ3n) is 6.81. The highest BCUT2D eigenvalue weighted by Crippen LogP contribution is 2.38. The fraction of sp³-hybridized carbons (Fsp3) is 0.241. The van der Waals surface area contributed by atoms with Crippen LogP contribution in [0.25, 0.3) is 10.9 Å². The molecule has 188 valence electrons. The zero-order valence-corrected chi connectivity index (χ0v) is 20.7. The van der Waals surface area contributed by atoms with Crippen molar-refractivity contribution in [3.05, 3.63) is 71.4 Å². The first-order valence-electron chi connectivity index (χ1n) is 12.3. The highest BCUT2D eigenvalue weighted by molar-refractivity contribution is 6.06. The van der Waals surface area contributed by atoms with Crippen molar-refractivity contribution in [2.45, 2.75) is 25.7 Å². The number of benzene rings is 3. The van der Waals surface area contributed by atoms with Crippen molar-refractivity contribution in [1.82, 2.24) is 4.98 Å². The van der Waals surface area contributed by atoms with Crippen LogP contribution in [0.2, 0.25) is 0 Å². The van der Waals surface area contributed by atoms with Crippen molar-refractivity contribution in [3.63, 3.8) is 0 Å². The maximum Gasteiger partial charge on any atom is 0.255 e. The molecule has 2 N–H and O–H groups in total. The van der Waals surface area contributed by atoms with Crippen LogP contribution >= 0.6 is 0 Å². The molecular weight excluding hydrogens is 470 g/mol. The van der Waals surface area contributed by atoms with Gasteiger partial charge in [0.25, 0.3) is 5.91 Å². The van der Waals surface area contributed by atoms with Crippen LogP contribution in [0.3, 0.4) is 0 Å². The Morgan fingerprint density at radius 2 is 1.68 bits per heavy atom. The van der Waals surface area contributed by atoms with Gasteiger partial charge in [-0.25, -0.2) is 0 Å². The minimum Gasteiger partial charge on any atom is -0.493 e. The third kappa shape index (κ3) is 4.35. The van der Waals surface area contributed by atoms with Gasteiger partial charge in [0.05, 0.1) is 25.4 Å². The van der Waals surface area contributed by atoms with Gasteiger partial charge in [-0.3, -0.25) is 9.78 Å². The van der Waals surface area contributed by atoms with Crippen LogP contribution in [-0.2, 0) is 12.8 Å². The second-order valence-electron chi connectivity index (χ2n) is 9.07. The number of pyridine rings is 1. The summed E-state index contributed by atoms with van der Waals surface area (Å²) in [7, 11) is 3.25. The standard InChI is InChI=1S/C29H27N3O5/c1-34-24-12-9-19(15-26(24)35-2)30-28-20-5-3-4-6-22(20)32-23-10-8-18(14-21(23)28)31-29(33)17-7-11-25-27(13-17)37-16-36-25/h7-15H,3-6,16H2,1-2H3,(H,30,32)(H,31,33). The maximum atomic E-state index is 13.0. The summed E-state index contributed by atoms with van der Waals surface area (Å²) in [5.74, 6) is 2.31. The van der Waals surface area contributed by atoms with Crippen molar-refractivity contribution in [2.75, 3.05) is 31.6 Å². The average molecular weight is 498 g/mol. The minimum atomic E-state index is -0.224. The number of aryl methyl sites for hydroxylation is 1. The minimum absolute atomic E-state index is 0.165. The fourth-order valence-corrected chi connectivity index (χ4v) is 4.94. The van der Waals surface area contributed by atoms with Gasteiger partial charge in [0.1, 0.15) is 0 Å². The number of carbonyl (C=O) groups is 1. The molecule has 0 unspecified atom stereocenters. The summed E-state index contributed by atoms with van der Waals surface area (Å²) < 4.78 is 21.7. The van der Waals surface area contributed by atoms with Crippen molar-refractivity contribution in [2.24, 2.45) is 0 Å². The van der Waals surface area contributed by atoms with Gasteiger partial charge in [-0.1, -0.05) is 0 Å². The van der Waals surface area contributed by atoms with Crippen molar-refractivity contribution in [3.8, 4) is 23.0 Å². The van der Waals surface area contributed by atoms with Gasteiger partial charge >= 0.3 is 0 Å². The van der Waals surface area contributed by atoms with Gasteiger partial charge in [-0.15, -0.1) is 0 Å². The van der Waals surface area contributed by atoms with E-state index < -0.39 is 0 Å². The number of methoxy groups -OCH3 is 2. The predicted molar refractivity (Wildman–Crippen MR) is 142 cm³/mol. The summed E-state index contributed by atoms with van der Waals surface area (Å²) in [6.07, 6.45) is 4.14. The second kappa shape index (κ2) is 9.54. The molecule has 6 rings (SSSR count). The summed E-state index contributed by atoms with van der Waals surface area (Å²) in [5.41, 5.74) is 6.29. The van der Waals surface area contributed by atoms with Gasteiger partial charge in [0.15, 0.2) is 23.0 Å². The van der Waals surface area contributed by atoms with E-state index in [2.05, 4.69) is 10.6 Å². The monoisotopic (exact) mass is 497 g/mol. The molecule has 2 aliphatic rings. The van der Waals surface area contributed by atoms with Crippen LogP contribution in [-0.4, -0.2) is 31.9 Å². The summed E-state index contributed by atoms with van der Waals surface area (Å²) in [6.45, 7) is 0.165. The van der Waals surface area contributed by atoms with Crippen LogP contribution < -0.4 is 29.6 Å². The van der Waals surface area contributed by atoms with E-state index in [1.54, 1.807) is 32.4 Å². The molecule has 4 aromatic rings. The van der Waals surface area contributed by atoms with Gasteiger partial charge in [0, 0.05) is 34.1 Å². The van der Waals surface area contributed by atoms with E-state index in [9.17, 15) is 4.79 Å². The number of amides is 1. The number of hydrogen-bond donors (Lipinski definition) is 2. The highest BCUT2D eigenvalue weighted by atomic mass is 16.7. The number of ether oxygens (including phenoxy) is 4.